The first-order valence-electron chi connectivity index (χ1n) is 5.65. The topological polar surface area (TPSA) is 18.5 Å². The monoisotopic (exact) mass is 256 g/mol. The molecule has 1 aliphatic heterocycles. The summed E-state index contributed by atoms with van der Waals surface area (Å²) in [5.74, 6) is 2.61. The van der Waals surface area contributed by atoms with Crippen molar-refractivity contribution >= 4 is 17.5 Å². The van der Waals surface area contributed by atoms with Crippen molar-refractivity contribution in [1.29, 1.82) is 0 Å². The van der Waals surface area contributed by atoms with E-state index in [4.69, 9.17) is 9.47 Å². The lowest BCUT2D eigenvalue weighted by molar-refractivity contribution is 0.411. The lowest BCUT2D eigenvalue weighted by Crippen LogP contribution is -1.99. The number of ether oxygens (including phenoxy) is 2. The standard InChI is InChI=1S/C15H12O2S/c1-16-12-7-8-13-15(9-12)18-10-14(17-13)11-5-3-2-4-6-11/h2-10H,1H3. The van der Waals surface area contributed by atoms with Gasteiger partial charge in [0.2, 0.25) is 0 Å². The molecule has 0 aromatic heterocycles. The van der Waals surface area contributed by atoms with Gasteiger partial charge in [-0.15, -0.1) is 0 Å². The van der Waals surface area contributed by atoms with Crippen molar-refractivity contribution in [2.75, 3.05) is 7.11 Å². The van der Waals surface area contributed by atoms with Crippen molar-refractivity contribution in [3.63, 3.8) is 0 Å². The van der Waals surface area contributed by atoms with Gasteiger partial charge in [0.15, 0.2) is 0 Å². The molecule has 0 bridgehead atoms. The van der Waals surface area contributed by atoms with E-state index in [-0.39, 0.29) is 0 Å². The van der Waals surface area contributed by atoms with Gasteiger partial charge in [0.1, 0.15) is 17.3 Å². The molecule has 18 heavy (non-hydrogen) atoms. The Morgan fingerprint density at radius 1 is 1.06 bits per heavy atom. The first-order valence-corrected chi connectivity index (χ1v) is 6.53. The summed E-state index contributed by atoms with van der Waals surface area (Å²) >= 11 is 1.65. The molecule has 90 valence electrons. The Labute approximate surface area is 110 Å². The van der Waals surface area contributed by atoms with E-state index in [0.717, 1.165) is 27.7 Å². The van der Waals surface area contributed by atoms with E-state index < -0.39 is 0 Å². The molecule has 0 saturated carbocycles. The summed E-state index contributed by atoms with van der Waals surface area (Å²) in [6.07, 6.45) is 0. The summed E-state index contributed by atoms with van der Waals surface area (Å²) in [6, 6.07) is 15.9. The van der Waals surface area contributed by atoms with Crippen LogP contribution in [0.1, 0.15) is 5.56 Å². The minimum Gasteiger partial charge on any atom is -0.497 e. The fourth-order valence-electron chi connectivity index (χ4n) is 1.78. The van der Waals surface area contributed by atoms with Gasteiger partial charge in [0.25, 0.3) is 0 Å². The number of rotatable bonds is 2. The van der Waals surface area contributed by atoms with Crippen molar-refractivity contribution in [3.05, 3.63) is 59.5 Å². The molecular formula is C15H12O2S. The summed E-state index contributed by atoms with van der Waals surface area (Å²) in [5, 5.41) is 2.02. The molecule has 0 aliphatic carbocycles. The zero-order valence-corrected chi connectivity index (χ0v) is 10.7. The molecule has 2 nitrogen and oxygen atoms in total. The Bertz CT molecular complexity index is 591. The molecule has 0 radical (unpaired) electrons. The van der Waals surface area contributed by atoms with Crippen molar-refractivity contribution in [3.8, 4) is 11.5 Å². The maximum absolute atomic E-state index is 5.90. The van der Waals surface area contributed by atoms with Crippen LogP contribution in [0.25, 0.3) is 5.76 Å². The van der Waals surface area contributed by atoms with Gasteiger partial charge in [-0.3, -0.25) is 0 Å². The minimum absolute atomic E-state index is 0.849. The predicted molar refractivity (Wildman–Crippen MR) is 73.9 cm³/mol. The molecule has 3 heteroatoms. The molecule has 0 atom stereocenters. The first kappa shape index (κ1) is 11.2. The normalized spacial score (nSPS) is 13.3. The van der Waals surface area contributed by atoms with Crippen LogP contribution in [0.5, 0.6) is 11.5 Å². The highest BCUT2D eigenvalue weighted by atomic mass is 32.2. The molecule has 2 aromatic carbocycles. The summed E-state index contributed by atoms with van der Waals surface area (Å²) in [7, 11) is 1.67. The molecule has 1 heterocycles. The lowest BCUT2D eigenvalue weighted by Gasteiger charge is -2.18. The molecule has 3 rings (SSSR count). The second-order valence-corrected chi connectivity index (χ2v) is 4.79. The van der Waals surface area contributed by atoms with Crippen LogP contribution in [-0.4, -0.2) is 7.11 Å². The van der Waals surface area contributed by atoms with E-state index in [0.29, 0.717) is 0 Å². The second kappa shape index (κ2) is 4.78. The van der Waals surface area contributed by atoms with Crippen LogP contribution in [0.4, 0.5) is 0 Å². The van der Waals surface area contributed by atoms with Gasteiger partial charge in [0.05, 0.1) is 12.0 Å². The van der Waals surface area contributed by atoms with Crippen LogP contribution in [0, 0.1) is 0 Å². The molecule has 2 aromatic rings. The summed E-state index contributed by atoms with van der Waals surface area (Å²) in [4.78, 5) is 1.08. The average molecular weight is 256 g/mol. The highest BCUT2D eigenvalue weighted by Crippen LogP contribution is 2.40. The Morgan fingerprint density at radius 3 is 2.67 bits per heavy atom. The Morgan fingerprint density at radius 2 is 1.89 bits per heavy atom. The molecule has 0 spiro atoms. The SMILES string of the molecule is COc1ccc2c(c1)SC=C(c1ccccc1)O2. The molecule has 0 N–H and O–H groups in total. The average Bonchev–Trinajstić information content (AvgIpc) is 2.47. The fourth-order valence-corrected chi connectivity index (χ4v) is 2.61. The maximum Gasteiger partial charge on any atom is 0.141 e. The van der Waals surface area contributed by atoms with Crippen molar-refractivity contribution < 1.29 is 9.47 Å². The lowest BCUT2D eigenvalue weighted by atomic mass is 10.2. The number of thioether (sulfide) groups is 1. The molecule has 0 saturated heterocycles. The van der Waals surface area contributed by atoms with Gasteiger partial charge >= 0.3 is 0 Å². The summed E-state index contributed by atoms with van der Waals surface area (Å²) < 4.78 is 11.1. The van der Waals surface area contributed by atoms with Crippen LogP contribution in [0.15, 0.2) is 58.8 Å². The van der Waals surface area contributed by atoms with E-state index >= 15 is 0 Å². The van der Waals surface area contributed by atoms with E-state index in [1.807, 2.05) is 53.9 Å². The van der Waals surface area contributed by atoms with Gasteiger partial charge in [-0.1, -0.05) is 42.1 Å². The molecular weight excluding hydrogens is 244 g/mol. The largest absolute Gasteiger partial charge is 0.497 e. The highest BCUT2D eigenvalue weighted by molar-refractivity contribution is 8.02. The van der Waals surface area contributed by atoms with Crippen molar-refractivity contribution in [1.82, 2.24) is 0 Å². The van der Waals surface area contributed by atoms with E-state index in [2.05, 4.69) is 0 Å². The highest BCUT2D eigenvalue weighted by Gasteiger charge is 2.15. The number of fused-ring (bicyclic) bond motifs is 1. The van der Waals surface area contributed by atoms with Gasteiger partial charge < -0.3 is 9.47 Å². The zero-order chi connectivity index (χ0) is 12.4. The quantitative estimate of drug-likeness (QED) is 0.803. The van der Waals surface area contributed by atoms with E-state index in [1.165, 1.54) is 0 Å². The predicted octanol–water partition coefficient (Wildman–Crippen LogP) is 4.18. The van der Waals surface area contributed by atoms with Crippen LogP contribution in [0.2, 0.25) is 0 Å². The second-order valence-electron chi connectivity index (χ2n) is 3.88. The minimum atomic E-state index is 0.849. The Hall–Kier alpha value is -1.87. The number of methoxy groups -OCH3 is 1. The fraction of sp³-hybridized carbons (Fsp3) is 0.0667. The van der Waals surface area contributed by atoms with Gasteiger partial charge in [-0.05, 0) is 18.2 Å². The van der Waals surface area contributed by atoms with Crippen molar-refractivity contribution in [2.24, 2.45) is 0 Å². The van der Waals surface area contributed by atoms with Gasteiger partial charge in [-0.25, -0.2) is 0 Å². The van der Waals surface area contributed by atoms with Gasteiger partial charge in [0, 0.05) is 11.0 Å². The van der Waals surface area contributed by atoms with Gasteiger partial charge in [-0.2, -0.15) is 0 Å². The third-order valence-corrected chi connectivity index (χ3v) is 3.63. The van der Waals surface area contributed by atoms with Crippen LogP contribution in [-0.2, 0) is 0 Å². The summed E-state index contributed by atoms with van der Waals surface area (Å²) in [6.45, 7) is 0. The van der Waals surface area contributed by atoms with Crippen LogP contribution >= 0.6 is 11.8 Å². The van der Waals surface area contributed by atoms with E-state index in [1.54, 1.807) is 18.9 Å². The first-order chi connectivity index (χ1) is 8.86. The van der Waals surface area contributed by atoms with Crippen LogP contribution in [0.3, 0.4) is 0 Å². The Kier molecular flexibility index (Phi) is 2.99. The molecule has 0 fully saturated rings. The smallest absolute Gasteiger partial charge is 0.141 e. The number of hydrogen-bond acceptors (Lipinski definition) is 3. The Balaban J connectivity index is 1.91. The number of hydrogen-bond donors (Lipinski definition) is 0. The van der Waals surface area contributed by atoms with Crippen molar-refractivity contribution in [2.45, 2.75) is 4.90 Å². The van der Waals surface area contributed by atoms with E-state index in [9.17, 15) is 0 Å². The summed E-state index contributed by atoms with van der Waals surface area (Å²) in [5.41, 5.74) is 1.09. The molecule has 0 amide bonds. The third kappa shape index (κ3) is 2.09. The third-order valence-electron chi connectivity index (χ3n) is 2.72. The molecule has 0 unspecified atom stereocenters. The zero-order valence-electron chi connectivity index (χ0n) is 9.92. The van der Waals surface area contributed by atoms with Crippen LogP contribution < -0.4 is 9.47 Å². The number of benzene rings is 2. The maximum atomic E-state index is 5.90. The molecule has 1 aliphatic rings.